The molecule has 0 unspecified atom stereocenters. The largest absolute Gasteiger partial charge is 0.462 e. The number of hydrogen-bond donors (Lipinski definition) is 1. The molecule has 9 nitrogen and oxygen atoms in total. The number of nitrogens with zero attached hydrogens (tertiary/aromatic N) is 1. The van der Waals surface area contributed by atoms with Gasteiger partial charge in [0.2, 0.25) is 5.91 Å². The van der Waals surface area contributed by atoms with Crippen LogP contribution in [0, 0.1) is 0 Å². The van der Waals surface area contributed by atoms with Gasteiger partial charge in [0.25, 0.3) is 5.91 Å². The van der Waals surface area contributed by atoms with Gasteiger partial charge < -0.3 is 24.0 Å². The second-order valence-electron chi connectivity index (χ2n) is 8.03. The Labute approximate surface area is 226 Å². The van der Waals surface area contributed by atoms with Crippen LogP contribution in [0.1, 0.15) is 41.5 Å². The molecule has 0 aliphatic heterocycles. The number of likely N-dealkylation sites (N-methyl/N-ethyl adjacent to an activating group) is 1. The summed E-state index contributed by atoms with van der Waals surface area (Å²) in [5, 5.41) is 3.34. The van der Waals surface area contributed by atoms with Crippen molar-refractivity contribution in [3.63, 3.8) is 0 Å². The number of carbonyl (C=O) groups is 3. The Morgan fingerprint density at radius 3 is 2.24 bits per heavy atom. The van der Waals surface area contributed by atoms with E-state index in [0.29, 0.717) is 5.00 Å². The summed E-state index contributed by atoms with van der Waals surface area (Å²) in [5.41, 5.74) is 1.37. The molecule has 2 amide bonds. The number of amides is 2. The van der Waals surface area contributed by atoms with E-state index in [-0.39, 0.29) is 42.8 Å². The maximum absolute atomic E-state index is 13.1. The van der Waals surface area contributed by atoms with Gasteiger partial charge in [-0.05, 0) is 50.6 Å². The second kappa shape index (κ2) is 13.5. The van der Waals surface area contributed by atoms with Gasteiger partial charge >= 0.3 is 13.6 Å². The predicted octanol–water partition coefficient (Wildman–Crippen LogP) is 5.19. The van der Waals surface area contributed by atoms with E-state index in [1.807, 2.05) is 30.3 Å². The molecule has 3 rings (SSSR count). The summed E-state index contributed by atoms with van der Waals surface area (Å²) in [5.74, 6) is -1.49. The number of benzene rings is 2. The van der Waals surface area contributed by atoms with E-state index in [2.05, 4.69) is 5.32 Å². The minimum atomic E-state index is -3.58. The molecule has 0 atom stereocenters. The predicted molar refractivity (Wildman–Crippen MR) is 148 cm³/mol. The molecular weight excluding hydrogens is 527 g/mol. The maximum Gasteiger partial charge on any atom is 0.361 e. The Kier molecular flexibility index (Phi) is 10.4. The Morgan fingerprint density at radius 2 is 1.61 bits per heavy atom. The zero-order valence-corrected chi connectivity index (χ0v) is 23.5. The number of nitrogens with one attached hydrogen (secondary N) is 1. The van der Waals surface area contributed by atoms with E-state index in [0.717, 1.165) is 10.4 Å². The van der Waals surface area contributed by atoms with Crippen molar-refractivity contribution < 1.29 is 32.7 Å². The molecule has 0 spiro atoms. The number of esters is 1. The first-order valence-corrected chi connectivity index (χ1v) is 14.5. The zero-order valence-electron chi connectivity index (χ0n) is 21.8. The SMILES string of the molecule is CCOC(=O)c1cc(-c2ccccc2)sc1NC(=O)CN(C)C(=O)c1cccc(P(=O)(OCC)OCC)c1. The topological polar surface area (TPSA) is 111 Å². The van der Waals surface area contributed by atoms with Crippen molar-refractivity contribution in [3.05, 3.63) is 71.8 Å². The molecule has 202 valence electrons. The van der Waals surface area contributed by atoms with Gasteiger partial charge in [0.05, 0.1) is 37.2 Å². The first kappa shape index (κ1) is 29.3. The first-order chi connectivity index (χ1) is 18.2. The Morgan fingerprint density at radius 1 is 0.921 bits per heavy atom. The molecule has 38 heavy (non-hydrogen) atoms. The molecule has 1 N–H and O–H groups in total. The first-order valence-electron chi connectivity index (χ1n) is 12.1. The third-order valence-corrected chi connectivity index (χ3v) is 8.48. The number of thiophene rings is 1. The van der Waals surface area contributed by atoms with E-state index in [1.165, 1.54) is 29.4 Å². The van der Waals surface area contributed by atoms with Gasteiger partial charge in [0.1, 0.15) is 5.00 Å². The van der Waals surface area contributed by atoms with Crippen molar-refractivity contribution in [2.45, 2.75) is 20.8 Å². The molecule has 1 aromatic heterocycles. The number of hydrogen-bond acceptors (Lipinski definition) is 8. The van der Waals surface area contributed by atoms with Gasteiger partial charge in [-0.15, -0.1) is 11.3 Å². The fraction of sp³-hybridized carbons (Fsp3) is 0.296. The lowest BCUT2D eigenvalue weighted by molar-refractivity contribution is -0.116. The fourth-order valence-electron chi connectivity index (χ4n) is 3.60. The standard InChI is InChI=1S/C27H31N2O7PS/c1-5-34-27(32)22-17-23(19-12-9-8-10-13-19)38-25(22)28-24(30)18-29(4)26(31)20-14-11-15-21(16-20)37(33,35-6-2)36-7-3/h8-17H,5-7,18H2,1-4H3,(H,28,30). The van der Waals surface area contributed by atoms with Crippen LogP contribution in [0.15, 0.2) is 60.7 Å². The third-order valence-electron chi connectivity index (χ3n) is 5.27. The Hall–Kier alpha value is -3.30. The van der Waals surface area contributed by atoms with Crippen LogP contribution in [-0.4, -0.2) is 56.1 Å². The highest BCUT2D eigenvalue weighted by atomic mass is 32.1. The molecule has 2 aromatic carbocycles. The zero-order chi connectivity index (χ0) is 27.7. The summed E-state index contributed by atoms with van der Waals surface area (Å²) in [6, 6.07) is 17.3. The molecule has 3 aromatic rings. The lowest BCUT2D eigenvalue weighted by Crippen LogP contribution is -2.35. The average Bonchev–Trinajstić information content (AvgIpc) is 3.33. The van der Waals surface area contributed by atoms with Crippen molar-refractivity contribution in [3.8, 4) is 10.4 Å². The van der Waals surface area contributed by atoms with E-state index >= 15 is 0 Å². The quantitative estimate of drug-likeness (QED) is 0.240. The molecule has 0 saturated heterocycles. The van der Waals surface area contributed by atoms with Gasteiger partial charge in [-0.3, -0.25) is 14.2 Å². The van der Waals surface area contributed by atoms with E-state index in [4.69, 9.17) is 13.8 Å². The van der Waals surface area contributed by atoms with Crippen molar-refractivity contribution in [2.24, 2.45) is 0 Å². The summed E-state index contributed by atoms with van der Waals surface area (Å²) in [6.45, 7) is 5.39. The summed E-state index contributed by atoms with van der Waals surface area (Å²) in [6.07, 6.45) is 0. The van der Waals surface area contributed by atoms with E-state index in [9.17, 15) is 18.9 Å². The summed E-state index contributed by atoms with van der Waals surface area (Å²) in [4.78, 5) is 40.5. The van der Waals surface area contributed by atoms with Crippen LogP contribution in [0.2, 0.25) is 0 Å². The molecule has 0 aliphatic carbocycles. The number of anilines is 1. The van der Waals surface area contributed by atoms with Gasteiger partial charge in [0.15, 0.2) is 0 Å². The Bertz CT molecular complexity index is 1320. The second-order valence-corrected chi connectivity index (χ2v) is 11.1. The third kappa shape index (κ3) is 7.17. The van der Waals surface area contributed by atoms with Crippen LogP contribution in [0.4, 0.5) is 5.00 Å². The minimum absolute atomic E-state index is 0.179. The molecular formula is C27H31N2O7PS. The highest BCUT2D eigenvalue weighted by Gasteiger charge is 2.28. The molecule has 0 aliphatic rings. The minimum Gasteiger partial charge on any atom is -0.462 e. The van der Waals surface area contributed by atoms with Crippen molar-refractivity contribution in [1.29, 1.82) is 0 Å². The normalized spacial score (nSPS) is 11.2. The maximum atomic E-state index is 13.1. The summed E-state index contributed by atoms with van der Waals surface area (Å²) >= 11 is 1.25. The fourth-order valence-corrected chi connectivity index (χ4v) is 6.28. The Balaban J connectivity index is 1.77. The van der Waals surface area contributed by atoms with Crippen LogP contribution in [-0.2, 0) is 23.1 Å². The highest BCUT2D eigenvalue weighted by molar-refractivity contribution is 7.62. The molecule has 0 saturated carbocycles. The lowest BCUT2D eigenvalue weighted by Gasteiger charge is -2.20. The lowest BCUT2D eigenvalue weighted by atomic mass is 10.1. The van der Waals surface area contributed by atoms with Crippen LogP contribution in [0.25, 0.3) is 10.4 Å². The molecule has 0 fully saturated rings. The van der Waals surface area contributed by atoms with Crippen LogP contribution in [0.5, 0.6) is 0 Å². The van der Waals surface area contributed by atoms with Crippen LogP contribution in [0.3, 0.4) is 0 Å². The van der Waals surface area contributed by atoms with E-state index < -0.39 is 25.4 Å². The van der Waals surface area contributed by atoms with Gasteiger partial charge in [0, 0.05) is 17.5 Å². The van der Waals surface area contributed by atoms with Gasteiger partial charge in [-0.2, -0.15) is 0 Å². The van der Waals surface area contributed by atoms with Crippen molar-refractivity contribution in [1.82, 2.24) is 4.90 Å². The van der Waals surface area contributed by atoms with Gasteiger partial charge in [-0.1, -0.05) is 36.4 Å². The molecule has 0 radical (unpaired) electrons. The summed E-state index contributed by atoms with van der Waals surface area (Å²) < 4.78 is 29.0. The van der Waals surface area contributed by atoms with Crippen LogP contribution < -0.4 is 10.6 Å². The smallest absolute Gasteiger partial charge is 0.361 e. The van der Waals surface area contributed by atoms with Crippen molar-refractivity contribution >= 4 is 47.0 Å². The average molecular weight is 559 g/mol. The molecule has 11 heteroatoms. The van der Waals surface area contributed by atoms with Crippen molar-refractivity contribution in [2.75, 3.05) is 38.7 Å². The van der Waals surface area contributed by atoms with Crippen LogP contribution >= 0.6 is 18.9 Å². The highest BCUT2D eigenvalue weighted by Crippen LogP contribution is 2.46. The number of carbonyl (C=O) groups excluding carboxylic acids is 3. The monoisotopic (exact) mass is 558 g/mol. The number of rotatable bonds is 12. The van der Waals surface area contributed by atoms with E-state index in [1.54, 1.807) is 45.0 Å². The summed E-state index contributed by atoms with van der Waals surface area (Å²) in [7, 11) is -2.10. The number of ether oxygens (including phenoxy) is 1. The molecule has 0 bridgehead atoms. The molecule has 1 heterocycles. The van der Waals surface area contributed by atoms with Gasteiger partial charge in [-0.25, -0.2) is 4.79 Å².